The van der Waals surface area contributed by atoms with Crippen LogP contribution < -0.4 is 0 Å². The van der Waals surface area contributed by atoms with Crippen molar-refractivity contribution in [2.75, 3.05) is 12.5 Å². The second-order valence-electron chi connectivity index (χ2n) is 3.34. The van der Waals surface area contributed by atoms with Crippen molar-refractivity contribution in [3.63, 3.8) is 0 Å². The van der Waals surface area contributed by atoms with E-state index >= 15 is 0 Å². The fraction of sp³-hybridized carbons (Fsp3) is 0.143. The standard InChI is InChI=1S/C14H13S2/c1-15-12-7-5-6-11(10-12)13-8-3-4-9-14(13)16-2/h3-5,7-10H,1-2H3. The van der Waals surface area contributed by atoms with Gasteiger partial charge in [-0.05, 0) is 47.9 Å². The fourth-order valence-corrected chi connectivity index (χ4v) is 2.65. The van der Waals surface area contributed by atoms with Crippen LogP contribution in [0.2, 0.25) is 0 Å². The monoisotopic (exact) mass is 245 g/mol. The summed E-state index contributed by atoms with van der Waals surface area (Å²) in [7, 11) is 0. The van der Waals surface area contributed by atoms with E-state index in [0.29, 0.717) is 0 Å². The molecule has 0 N–H and O–H groups in total. The van der Waals surface area contributed by atoms with E-state index in [2.05, 4.69) is 55.0 Å². The van der Waals surface area contributed by atoms with Crippen LogP contribution in [0.3, 0.4) is 0 Å². The van der Waals surface area contributed by atoms with Crippen LogP contribution >= 0.6 is 23.5 Å². The van der Waals surface area contributed by atoms with Gasteiger partial charge in [-0.25, -0.2) is 0 Å². The van der Waals surface area contributed by atoms with Crippen molar-refractivity contribution < 1.29 is 0 Å². The molecule has 0 amide bonds. The molecule has 0 fully saturated rings. The summed E-state index contributed by atoms with van der Waals surface area (Å²) in [5.41, 5.74) is 2.45. The van der Waals surface area contributed by atoms with Crippen molar-refractivity contribution in [2.24, 2.45) is 0 Å². The summed E-state index contributed by atoms with van der Waals surface area (Å²) in [5.74, 6) is 0. The first-order chi connectivity index (χ1) is 7.85. The minimum Gasteiger partial charge on any atom is -0.130 e. The van der Waals surface area contributed by atoms with E-state index in [1.165, 1.54) is 20.9 Å². The first kappa shape index (κ1) is 11.6. The van der Waals surface area contributed by atoms with Gasteiger partial charge in [-0.15, -0.1) is 23.5 Å². The molecule has 0 aromatic heterocycles. The van der Waals surface area contributed by atoms with Crippen LogP contribution in [0, 0.1) is 6.07 Å². The Labute approximate surface area is 105 Å². The highest BCUT2D eigenvalue weighted by Gasteiger charge is 2.04. The van der Waals surface area contributed by atoms with Gasteiger partial charge in [0.15, 0.2) is 0 Å². The zero-order valence-electron chi connectivity index (χ0n) is 9.36. The highest BCUT2D eigenvalue weighted by molar-refractivity contribution is 7.99. The number of rotatable bonds is 3. The van der Waals surface area contributed by atoms with Gasteiger partial charge in [-0.3, -0.25) is 0 Å². The molecule has 81 valence electrons. The van der Waals surface area contributed by atoms with Crippen LogP contribution in [0.4, 0.5) is 0 Å². The third kappa shape index (κ3) is 2.45. The minimum absolute atomic E-state index is 1.18. The summed E-state index contributed by atoms with van der Waals surface area (Å²) >= 11 is 3.54. The maximum absolute atomic E-state index is 3.31. The van der Waals surface area contributed by atoms with Crippen LogP contribution in [0.25, 0.3) is 11.1 Å². The van der Waals surface area contributed by atoms with Gasteiger partial charge < -0.3 is 0 Å². The van der Waals surface area contributed by atoms with E-state index in [-0.39, 0.29) is 0 Å². The Morgan fingerprint density at radius 1 is 1.00 bits per heavy atom. The number of hydrogen-bond donors (Lipinski definition) is 0. The molecule has 2 aromatic rings. The van der Waals surface area contributed by atoms with Crippen molar-refractivity contribution in [1.82, 2.24) is 0 Å². The van der Waals surface area contributed by atoms with Gasteiger partial charge in [0, 0.05) is 9.79 Å². The number of hydrogen-bond acceptors (Lipinski definition) is 2. The highest BCUT2D eigenvalue weighted by atomic mass is 32.2. The van der Waals surface area contributed by atoms with Crippen molar-refractivity contribution in [1.29, 1.82) is 0 Å². The molecule has 0 aliphatic rings. The normalized spacial score (nSPS) is 10.4. The quantitative estimate of drug-likeness (QED) is 0.725. The molecule has 0 spiro atoms. The highest BCUT2D eigenvalue weighted by Crippen LogP contribution is 2.31. The second kappa shape index (κ2) is 5.46. The average Bonchev–Trinajstić information content (AvgIpc) is 2.38. The van der Waals surface area contributed by atoms with Crippen LogP contribution in [0.1, 0.15) is 0 Å². The summed E-state index contributed by atoms with van der Waals surface area (Å²) in [4.78, 5) is 2.58. The Morgan fingerprint density at radius 3 is 2.56 bits per heavy atom. The van der Waals surface area contributed by atoms with Crippen molar-refractivity contribution >= 4 is 23.5 Å². The molecule has 0 aliphatic carbocycles. The molecule has 2 heteroatoms. The van der Waals surface area contributed by atoms with E-state index < -0.39 is 0 Å². The smallest absolute Gasteiger partial charge is 0.0148 e. The van der Waals surface area contributed by atoms with Crippen molar-refractivity contribution in [3.05, 3.63) is 48.5 Å². The molecule has 0 atom stereocenters. The van der Waals surface area contributed by atoms with Crippen LogP contribution in [-0.4, -0.2) is 12.5 Å². The third-order valence-electron chi connectivity index (χ3n) is 2.41. The molecule has 0 nitrogen and oxygen atoms in total. The van der Waals surface area contributed by atoms with E-state index in [1.54, 1.807) is 23.5 Å². The molecule has 2 rings (SSSR count). The van der Waals surface area contributed by atoms with Gasteiger partial charge in [0.25, 0.3) is 0 Å². The van der Waals surface area contributed by atoms with Gasteiger partial charge in [0.1, 0.15) is 0 Å². The predicted molar refractivity (Wildman–Crippen MR) is 74.3 cm³/mol. The Kier molecular flexibility index (Phi) is 3.97. The Morgan fingerprint density at radius 2 is 1.81 bits per heavy atom. The van der Waals surface area contributed by atoms with Gasteiger partial charge >= 0.3 is 0 Å². The minimum atomic E-state index is 1.18. The van der Waals surface area contributed by atoms with E-state index in [0.717, 1.165) is 0 Å². The maximum atomic E-state index is 3.31. The van der Waals surface area contributed by atoms with Crippen LogP contribution in [0.5, 0.6) is 0 Å². The van der Waals surface area contributed by atoms with Crippen LogP contribution in [0.15, 0.2) is 52.3 Å². The Balaban J connectivity index is 2.49. The lowest BCUT2D eigenvalue weighted by atomic mass is 10.1. The van der Waals surface area contributed by atoms with Gasteiger partial charge in [-0.1, -0.05) is 24.3 Å². The lowest BCUT2D eigenvalue weighted by molar-refractivity contribution is 1.40. The van der Waals surface area contributed by atoms with Gasteiger partial charge in [0.05, 0.1) is 0 Å². The lowest BCUT2D eigenvalue weighted by Gasteiger charge is -2.07. The zero-order valence-corrected chi connectivity index (χ0v) is 11.0. The molecule has 0 unspecified atom stereocenters. The average molecular weight is 245 g/mol. The molecule has 0 heterocycles. The first-order valence-electron chi connectivity index (χ1n) is 5.04. The number of thioether (sulfide) groups is 2. The Hall–Kier alpha value is -0.860. The molecular weight excluding hydrogens is 232 g/mol. The van der Waals surface area contributed by atoms with Crippen LogP contribution in [-0.2, 0) is 0 Å². The largest absolute Gasteiger partial charge is 0.130 e. The molecular formula is C14H13S2. The third-order valence-corrected chi connectivity index (χ3v) is 3.93. The molecule has 0 saturated carbocycles. The second-order valence-corrected chi connectivity index (χ2v) is 5.07. The first-order valence-corrected chi connectivity index (χ1v) is 7.49. The summed E-state index contributed by atoms with van der Waals surface area (Å²) in [6.07, 6.45) is 4.21. The molecule has 16 heavy (non-hydrogen) atoms. The van der Waals surface area contributed by atoms with Crippen molar-refractivity contribution in [2.45, 2.75) is 9.79 Å². The molecule has 0 bridgehead atoms. The van der Waals surface area contributed by atoms with E-state index in [4.69, 9.17) is 0 Å². The summed E-state index contributed by atoms with van der Waals surface area (Å²) in [6, 6.07) is 18.1. The summed E-state index contributed by atoms with van der Waals surface area (Å²) in [6.45, 7) is 0. The van der Waals surface area contributed by atoms with E-state index in [1.807, 2.05) is 6.07 Å². The molecule has 1 radical (unpaired) electrons. The maximum Gasteiger partial charge on any atom is 0.0148 e. The SMILES string of the molecule is CSc1cc[c]c(-c2ccccc2SC)c1. The van der Waals surface area contributed by atoms with Gasteiger partial charge in [-0.2, -0.15) is 0 Å². The van der Waals surface area contributed by atoms with Crippen molar-refractivity contribution in [3.8, 4) is 11.1 Å². The molecule has 0 aliphatic heterocycles. The summed E-state index contributed by atoms with van der Waals surface area (Å²) in [5, 5.41) is 0. The predicted octanol–water partition coefficient (Wildman–Crippen LogP) is 4.60. The van der Waals surface area contributed by atoms with E-state index in [9.17, 15) is 0 Å². The van der Waals surface area contributed by atoms with Gasteiger partial charge in [0.2, 0.25) is 0 Å². The number of benzene rings is 2. The molecule has 0 saturated heterocycles. The topological polar surface area (TPSA) is 0 Å². The zero-order chi connectivity index (χ0) is 11.4. The summed E-state index contributed by atoms with van der Waals surface area (Å²) < 4.78 is 0. The lowest BCUT2D eigenvalue weighted by Crippen LogP contribution is -1.82. The fourth-order valence-electron chi connectivity index (χ4n) is 1.60. The Bertz CT molecular complexity index is 478. The molecule has 2 aromatic carbocycles.